The van der Waals surface area contributed by atoms with Crippen molar-refractivity contribution in [2.45, 2.75) is 31.5 Å². The Morgan fingerprint density at radius 1 is 0.973 bits per heavy atom. The Bertz CT molecular complexity index is 1330. The van der Waals surface area contributed by atoms with Crippen LogP contribution in [0, 0.1) is 12.8 Å². The van der Waals surface area contributed by atoms with E-state index in [9.17, 15) is 15.0 Å². The van der Waals surface area contributed by atoms with Gasteiger partial charge in [-0.25, -0.2) is 10.9 Å². The smallest absolute Gasteiger partial charge is 0.242 e. The normalized spacial score (nSPS) is 22.8. The van der Waals surface area contributed by atoms with E-state index in [1.54, 1.807) is 44.6 Å². The van der Waals surface area contributed by atoms with E-state index in [-0.39, 0.29) is 35.4 Å². The number of rotatable bonds is 7. The number of hydrogen-bond acceptors (Lipinski definition) is 7. The Labute approximate surface area is 220 Å². The molecule has 194 valence electrons. The second-order valence-electron chi connectivity index (χ2n) is 9.49. The Hall–Kier alpha value is -3.46. The number of hydrazine groups is 1. The highest BCUT2D eigenvalue weighted by Crippen LogP contribution is 2.49. The minimum absolute atomic E-state index is 0.0495. The van der Waals surface area contributed by atoms with E-state index in [1.807, 2.05) is 36.1 Å². The van der Waals surface area contributed by atoms with Crippen molar-refractivity contribution >= 4 is 17.5 Å². The lowest BCUT2D eigenvalue weighted by Crippen LogP contribution is -2.42. The third-order valence-corrected chi connectivity index (χ3v) is 7.76. The number of amides is 1. The number of carbonyl (C=O) groups is 1. The summed E-state index contributed by atoms with van der Waals surface area (Å²) in [4.78, 5) is 15.6. The summed E-state index contributed by atoms with van der Waals surface area (Å²) in [6.45, 7) is 2.29. The number of halogens is 1. The number of aromatic hydroxyl groups is 2. The predicted molar refractivity (Wildman–Crippen MR) is 140 cm³/mol. The van der Waals surface area contributed by atoms with E-state index < -0.39 is 6.04 Å². The van der Waals surface area contributed by atoms with Crippen LogP contribution in [0.1, 0.15) is 34.3 Å². The van der Waals surface area contributed by atoms with Gasteiger partial charge in [-0.05, 0) is 66.4 Å². The molecule has 9 heteroatoms. The third kappa shape index (κ3) is 4.56. The van der Waals surface area contributed by atoms with Crippen molar-refractivity contribution in [2.75, 3.05) is 20.8 Å². The molecule has 0 radical (unpaired) electrons. The molecule has 8 nitrogen and oxygen atoms in total. The number of nitrogens with zero attached hydrogens (tertiary/aromatic N) is 1. The van der Waals surface area contributed by atoms with E-state index in [1.165, 1.54) is 0 Å². The molecule has 2 aliphatic heterocycles. The summed E-state index contributed by atoms with van der Waals surface area (Å²) < 4.78 is 10.8. The van der Waals surface area contributed by atoms with Gasteiger partial charge in [0.25, 0.3) is 0 Å². The first kappa shape index (κ1) is 25.2. The van der Waals surface area contributed by atoms with Gasteiger partial charge in [-0.2, -0.15) is 0 Å². The fraction of sp³-hybridized carbons (Fsp3) is 0.321. The van der Waals surface area contributed by atoms with Crippen LogP contribution in [0.25, 0.3) is 0 Å². The number of nitrogens with one attached hydrogen (secondary N) is 2. The number of likely N-dealkylation sites (tertiary alicyclic amines) is 1. The molecule has 3 aromatic carbocycles. The van der Waals surface area contributed by atoms with Gasteiger partial charge in [0.15, 0.2) is 11.5 Å². The van der Waals surface area contributed by atoms with Gasteiger partial charge in [0.2, 0.25) is 5.91 Å². The van der Waals surface area contributed by atoms with Crippen LogP contribution in [0.2, 0.25) is 5.02 Å². The number of benzene rings is 3. The Balaban J connectivity index is 1.50. The molecule has 0 saturated carbocycles. The topological polar surface area (TPSA) is 103 Å². The van der Waals surface area contributed by atoms with E-state index in [2.05, 4.69) is 10.9 Å². The van der Waals surface area contributed by atoms with Crippen LogP contribution in [-0.2, 0) is 11.2 Å². The van der Waals surface area contributed by atoms with E-state index in [0.29, 0.717) is 35.1 Å². The summed E-state index contributed by atoms with van der Waals surface area (Å²) in [7, 11) is 3.19. The van der Waals surface area contributed by atoms with Crippen LogP contribution < -0.4 is 20.3 Å². The molecular weight excluding hydrogens is 494 g/mol. The quantitative estimate of drug-likeness (QED) is 0.370. The number of carbonyl (C=O) groups excluding carboxylic acids is 1. The largest absolute Gasteiger partial charge is 0.508 e. The van der Waals surface area contributed by atoms with Crippen molar-refractivity contribution in [1.82, 2.24) is 15.8 Å². The number of methoxy groups -OCH3 is 2. The first-order valence-electron chi connectivity index (χ1n) is 12.1. The van der Waals surface area contributed by atoms with Crippen molar-refractivity contribution in [1.29, 1.82) is 0 Å². The molecule has 4 unspecified atom stereocenters. The maximum absolute atomic E-state index is 13.7. The van der Waals surface area contributed by atoms with Gasteiger partial charge < -0.3 is 24.6 Å². The summed E-state index contributed by atoms with van der Waals surface area (Å²) in [6, 6.07) is 14.9. The van der Waals surface area contributed by atoms with Gasteiger partial charge in [0, 0.05) is 23.0 Å². The summed E-state index contributed by atoms with van der Waals surface area (Å²) >= 11 is 6.41. The van der Waals surface area contributed by atoms with E-state index >= 15 is 0 Å². The summed E-state index contributed by atoms with van der Waals surface area (Å²) in [5.41, 5.74) is 9.60. The molecule has 0 bridgehead atoms. The zero-order chi connectivity index (χ0) is 26.3. The number of fused-ring (bicyclic) bond motifs is 1. The molecule has 1 amide bonds. The number of phenols is 2. The molecule has 2 aliphatic rings. The van der Waals surface area contributed by atoms with Crippen LogP contribution in [0.3, 0.4) is 0 Å². The Morgan fingerprint density at radius 3 is 2.46 bits per heavy atom. The lowest BCUT2D eigenvalue weighted by Gasteiger charge is -2.31. The first-order valence-corrected chi connectivity index (χ1v) is 12.5. The zero-order valence-electron chi connectivity index (χ0n) is 20.9. The van der Waals surface area contributed by atoms with Crippen LogP contribution in [0.15, 0.2) is 54.6 Å². The maximum Gasteiger partial charge on any atom is 0.242 e. The molecule has 2 fully saturated rings. The van der Waals surface area contributed by atoms with Crippen LogP contribution in [0.5, 0.6) is 23.0 Å². The van der Waals surface area contributed by atoms with Gasteiger partial charge in [-0.15, -0.1) is 0 Å². The van der Waals surface area contributed by atoms with Crippen molar-refractivity contribution < 1.29 is 24.5 Å². The molecule has 0 spiro atoms. The molecule has 3 aromatic rings. The molecule has 2 saturated heterocycles. The Kier molecular flexibility index (Phi) is 6.90. The average molecular weight is 524 g/mol. The summed E-state index contributed by atoms with van der Waals surface area (Å²) in [5.74, 6) is 1.21. The monoisotopic (exact) mass is 523 g/mol. The van der Waals surface area contributed by atoms with Gasteiger partial charge in [0.05, 0.1) is 26.3 Å². The maximum atomic E-state index is 13.7. The summed E-state index contributed by atoms with van der Waals surface area (Å²) in [5, 5.41) is 21.6. The molecule has 2 heterocycles. The second-order valence-corrected chi connectivity index (χ2v) is 9.90. The second kappa shape index (κ2) is 10.1. The van der Waals surface area contributed by atoms with E-state index in [4.69, 9.17) is 21.1 Å². The molecule has 5 rings (SSSR count). The third-order valence-electron chi connectivity index (χ3n) is 7.36. The SMILES string of the molecule is COc1ccc(CCN2C(=O)C3NNC(c4cc(Cl)c(C)cc4O)C3C2c2cccc(O)c2)cc1OC. The molecule has 37 heavy (non-hydrogen) atoms. The average Bonchev–Trinajstić information content (AvgIpc) is 3.43. The van der Waals surface area contributed by atoms with E-state index in [0.717, 1.165) is 16.7 Å². The summed E-state index contributed by atoms with van der Waals surface area (Å²) in [6.07, 6.45) is 0.598. The van der Waals surface area contributed by atoms with Crippen LogP contribution in [-0.4, -0.2) is 47.8 Å². The molecule has 0 aromatic heterocycles. The standard InChI is InChI=1S/C28H30ClN3O5/c1-15-11-21(34)19(14-20(15)29)25-24-26(31-30-25)28(35)32(27(24)17-5-4-6-18(33)13-17)10-9-16-7-8-22(36-2)23(12-16)37-3/h4-8,11-14,24-27,30-31,33-34H,9-10H2,1-3H3. The number of aryl methyl sites for hydroxylation is 1. The zero-order valence-corrected chi connectivity index (χ0v) is 21.6. The van der Waals surface area contributed by atoms with Gasteiger partial charge in [-0.1, -0.05) is 29.8 Å². The lowest BCUT2D eigenvalue weighted by molar-refractivity contribution is -0.130. The predicted octanol–water partition coefficient (Wildman–Crippen LogP) is 4.04. The highest BCUT2D eigenvalue weighted by atomic mass is 35.5. The first-order chi connectivity index (χ1) is 17.8. The molecule has 4 atom stereocenters. The van der Waals surface area contributed by atoms with Crippen molar-refractivity contribution in [2.24, 2.45) is 5.92 Å². The van der Waals surface area contributed by atoms with Gasteiger partial charge >= 0.3 is 0 Å². The molecule has 4 N–H and O–H groups in total. The van der Waals surface area contributed by atoms with Crippen molar-refractivity contribution in [3.05, 3.63) is 81.9 Å². The lowest BCUT2D eigenvalue weighted by atomic mass is 9.83. The van der Waals surface area contributed by atoms with Crippen LogP contribution in [0.4, 0.5) is 0 Å². The minimum atomic E-state index is -0.512. The number of ether oxygens (including phenoxy) is 2. The Morgan fingerprint density at radius 2 is 1.73 bits per heavy atom. The minimum Gasteiger partial charge on any atom is -0.508 e. The fourth-order valence-corrected chi connectivity index (χ4v) is 5.71. The van der Waals surface area contributed by atoms with Crippen molar-refractivity contribution in [3.8, 4) is 23.0 Å². The van der Waals surface area contributed by atoms with Crippen LogP contribution >= 0.6 is 11.6 Å². The van der Waals surface area contributed by atoms with Gasteiger partial charge in [0.1, 0.15) is 17.5 Å². The van der Waals surface area contributed by atoms with Gasteiger partial charge in [-0.3, -0.25) is 4.79 Å². The number of hydrogen-bond donors (Lipinski definition) is 4. The highest BCUT2D eigenvalue weighted by molar-refractivity contribution is 6.31. The van der Waals surface area contributed by atoms with Crippen molar-refractivity contribution in [3.63, 3.8) is 0 Å². The number of phenolic OH excluding ortho intramolecular Hbond substituents is 2. The highest BCUT2D eigenvalue weighted by Gasteiger charge is 2.55. The molecule has 0 aliphatic carbocycles. The molecular formula is C28H30ClN3O5. The fourth-order valence-electron chi connectivity index (χ4n) is 5.54.